The van der Waals surface area contributed by atoms with Crippen LogP contribution in [0.15, 0.2) is 5.38 Å². The molecule has 0 bridgehead atoms. The van der Waals surface area contributed by atoms with Crippen molar-refractivity contribution in [2.24, 2.45) is 0 Å². The molecule has 0 amide bonds. The van der Waals surface area contributed by atoms with Gasteiger partial charge in [0.05, 0.1) is 5.02 Å². The van der Waals surface area contributed by atoms with Crippen molar-refractivity contribution in [2.45, 2.75) is 13.1 Å². The van der Waals surface area contributed by atoms with Crippen LogP contribution in [0.5, 0.6) is 0 Å². The minimum atomic E-state index is -4.31. The first-order valence-electron chi connectivity index (χ1n) is 2.73. The second-order valence-corrected chi connectivity index (χ2v) is 3.32. The average molecular weight is 201 g/mol. The molecule has 11 heavy (non-hydrogen) atoms. The molecule has 0 aromatic carbocycles. The molecule has 0 saturated carbocycles. The van der Waals surface area contributed by atoms with Crippen molar-refractivity contribution < 1.29 is 13.2 Å². The predicted octanol–water partition coefficient (Wildman–Crippen LogP) is 3.73. The van der Waals surface area contributed by atoms with Crippen LogP contribution in [0.1, 0.15) is 10.4 Å². The van der Waals surface area contributed by atoms with E-state index in [2.05, 4.69) is 0 Å². The molecule has 5 heteroatoms. The zero-order chi connectivity index (χ0) is 8.65. The number of hydrogen-bond donors (Lipinski definition) is 0. The van der Waals surface area contributed by atoms with Gasteiger partial charge in [-0.05, 0) is 17.9 Å². The lowest BCUT2D eigenvalue weighted by Gasteiger charge is -2.02. The molecule has 62 valence electrons. The lowest BCUT2D eigenvalue weighted by Crippen LogP contribution is -2.01. The van der Waals surface area contributed by atoms with Crippen LogP contribution in [0.4, 0.5) is 13.2 Å². The fourth-order valence-electron chi connectivity index (χ4n) is 0.621. The monoisotopic (exact) mass is 200 g/mol. The van der Waals surface area contributed by atoms with Crippen LogP contribution in [0.3, 0.4) is 0 Å². The summed E-state index contributed by atoms with van der Waals surface area (Å²) in [6, 6.07) is 0. The molecule has 0 fully saturated rings. The van der Waals surface area contributed by atoms with Gasteiger partial charge in [-0.1, -0.05) is 11.6 Å². The zero-order valence-electron chi connectivity index (χ0n) is 5.50. The number of halogens is 4. The highest BCUT2D eigenvalue weighted by atomic mass is 35.5. The van der Waals surface area contributed by atoms with Crippen molar-refractivity contribution in [1.82, 2.24) is 0 Å². The maximum atomic E-state index is 12.0. The van der Waals surface area contributed by atoms with Gasteiger partial charge >= 0.3 is 6.18 Å². The van der Waals surface area contributed by atoms with Crippen LogP contribution < -0.4 is 0 Å². The van der Waals surface area contributed by atoms with E-state index in [4.69, 9.17) is 11.6 Å². The molecule has 0 N–H and O–H groups in total. The molecule has 0 radical (unpaired) electrons. The molecule has 1 heterocycles. The summed E-state index contributed by atoms with van der Waals surface area (Å²) in [4.78, 5) is -0.711. The normalized spacial score (nSPS) is 12.1. The second kappa shape index (κ2) is 2.68. The van der Waals surface area contributed by atoms with Gasteiger partial charge in [0.2, 0.25) is 0 Å². The molecule has 0 nitrogen and oxygen atoms in total. The van der Waals surface area contributed by atoms with Crippen LogP contribution >= 0.6 is 22.9 Å². The van der Waals surface area contributed by atoms with Crippen LogP contribution in [0.2, 0.25) is 5.02 Å². The summed E-state index contributed by atoms with van der Waals surface area (Å²) in [5, 5.41) is 1.22. The summed E-state index contributed by atoms with van der Waals surface area (Å²) in [6.45, 7) is 1.55. The SMILES string of the molecule is Cc1csc(C(F)(F)F)c1Cl. The van der Waals surface area contributed by atoms with Crippen molar-refractivity contribution in [2.75, 3.05) is 0 Å². The van der Waals surface area contributed by atoms with Crippen molar-refractivity contribution in [1.29, 1.82) is 0 Å². The van der Waals surface area contributed by atoms with Crippen LogP contribution in [-0.2, 0) is 6.18 Å². The summed E-state index contributed by atoms with van der Waals surface area (Å²) in [5.74, 6) is 0. The largest absolute Gasteiger partial charge is 0.427 e. The predicted molar refractivity (Wildman–Crippen MR) is 39.1 cm³/mol. The van der Waals surface area contributed by atoms with Gasteiger partial charge in [0.1, 0.15) is 4.88 Å². The van der Waals surface area contributed by atoms with Crippen molar-refractivity contribution in [3.05, 3.63) is 20.8 Å². The van der Waals surface area contributed by atoms with E-state index in [1.807, 2.05) is 0 Å². The Labute approximate surface area is 70.6 Å². The topological polar surface area (TPSA) is 0 Å². The van der Waals surface area contributed by atoms with Crippen molar-refractivity contribution in [3.63, 3.8) is 0 Å². The fraction of sp³-hybridized carbons (Fsp3) is 0.333. The van der Waals surface area contributed by atoms with E-state index in [9.17, 15) is 13.2 Å². The first kappa shape index (κ1) is 8.87. The van der Waals surface area contributed by atoms with E-state index in [-0.39, 0.29) is 5.02 Å². The average Bonchev–Trinajstić information content (AvgIpc) is 2.11. The van der Waals surface area contributed by atoms with Crippen molar-refractivity contribution >= 4 is 22.9 Å². The highest BCUT2D eigenvalue weighted by Gasteiger charge is 2.35. The molecule has 0 spiro atoms. The van der Waals surface area contributed by atoms with Gasteiger partial charge in [0.25, 0.3) is 0 Å². The number of aryl methyl sites for hydroxylation is 1. The van der Waals surface area contributed by atoms with E-state index < -0.39 is 11.1 Å². The van der Waals surface area contributed by atoms with Gasteiger partial charge in [-0.3, -0.25) is 0 Å². The zero-order valence-corrected chi connectivity index (χ0v) is 7.07. The Bertz CT molecular complexity index is 263. The molecule has 0 unspecified atom stereocenters. The molecule has 0 aliphatic rings. The molecule has 0 aliphatic carbocycles. The molecule has 1 rings (SSSR count). The lowest BCUT2D eigenvalue weighted by molar-refractivity contribution is -0.134. The first-order valence-corrected chi connectivity index (χ1v) is 3.99. The van der Waals surface area contributed by atoms with E-state index >= 15 is 0 Å². The summed E-state index contributed by atoms with van der Waals surface area (Å²) in [6.07, 6.45) is -4.31. The Hall–Kier alpha value is -0.220. The van der Waals surface area contributed by atoms with Gasteiger partial charge in [-0.15, -0.1) is 11.3 Å². The summed E-state index contributed by atoms with van der Waals surface area (Å²) < 4.78 is 36.0. The van der Waals surface area contributed by atoms with Crippen LogP contribution in [-0.4, -0.2) is 0 Å². The van der Waals surface area contributed by atoms with Gasteiger partial charge in [-0.2, -0.15) is 13.2 Å². The number of alkyl halides is 3. The summed E-state index contributed by atoms with van der Waals surface area (Å²) >= 11 is 6.01. The minimum Gasteiger partial charge on any atom is -0.165 e. The molecule has 0 atom stereocenters. The second-order valence-electron chi connectivity index (χ2n) is 2.06. The number of hydrogen-bond acceptors (Lipinski definition) is 1. The Morgan fingerprint density at radius 1 is 1.45 bits per heavy atom. The Morgan fingerprint density at radius 2 is 2.00 bits per heavy atom. The van der Waals surface area contributed by atoms with E-state index in [1.165, 1.54) is 5.38 Å². The van der Waals surface area contributed by atoms with E-state index in [1.54, 1.807) is 6.92 Å². The lowest BCUT2D eigenvalue weighted by atomic mass is 10.3. The highest BCUT2D eigenvalue weighted by molar-refractivity contribution is 7.10. The van der Waals surface area contributed by atoms with Gasteiger partial charge in [0.15, 0.2) is 0 Å². The quantitative estimate of drug-likeness (QED) is 0.599. The fourth-order valence-corrected chi connectivity index (χ4v) is 1.79. The number of rotatable bonds is 0. The Morgan fingerprint density at radius 3 is 2.18 bits per heavy atom. The smallest absolute Gasteiger partial charge is 0.165 e. The van der Waals surface area contributed by atoms with Gasteiger partial charge in [-0.25, -0.2) is 0 Å². The minimum absolute atomic E-state index is 0.178. The first-order chi connectivity index (χ1) is 4.93. The summed E-state index contributed by atoms with van der Waals surface area (Å²) in [7, 11) is 0. The standard InChI is InChI=1S/C6H4ClF3S/c1-3-2-11-5(4(3)7)6(8,9)10/h2H,1H3. The maximum absolute atomic E-state index is 12.0. The number of thiophene rings is 1. The third kappa shape index (κ3) is 1.68. The Balaban J connectivity index is 3.15. The third-order valence-electron chi connectivity index (χ3n) is 1.16. The van der Waals surface area contributed by atoms with E-state index in [0.717, 1.165) is 0 Å². The Kier molecular flexibility index (Phi) is 2.16. The molecule has 0 saturated heterocycles. The van der Waals surface area contributed by atoms with Crippen LogP contribution in [0, 0.1) is 6.92 Å². The van der Waals surface area contributed by atoms with Crippen molar-refractivity contribution in [3.8, 4) is 0 Å². The third-order valence-corrected chi connectivity index (χ3v) is 2.90. The highest BCUT2D eigenvalue weighted by Crippen LogP contribution is 2.40. The molecule has 1 aromatic rings. The van der Waals surface area contributed by atoms with Gasteiger partial charge in [0, 0.05) is 0 Å². The molecular weight excluding hydrogens is 197 g/mol. The molecular formula is C6H4ClF3S. The van der Waals surface area contributed by atoms with Gasteiger partial charge < -0.3 is 0 Å². The van der Waals surface area contributed by atoms with E-state index in [0.29, 0.717) is 16.9 Å². The molecule has 0 aliphatic heterocycles. The maximum Gasteiger partial charge on any atom is 0.427 e. The molecule has 1 aromatic heterocycles. The van der Waals surface area contributed by atoms with Crippen LogP contribution in [0.25, 0.3) is 0 Å². The summed E-state index contributed by atoms with van der Waals surface area (Å²) in [5.41, 5.74) is 0.476.